The number of rotatable bonds is 5. The van der Waals surface area contributed by atoms with Gasteiger partial charge in [0.1, 0.15) is 5.69 Å². The van der Waals surface area contributed by atoms with Crippen LogP contribution in [0.15, 0.2) is 55.4 Å². The zero-order chi connectivity index (χ0) is 19.6. The number of fused-ring (bicyclic) bond motifs is 1. The Kier molecular flexibility index (Phi) is 4.18. The van der Waals surface area contributed by atoms with Gasteiger partial charge in [0.15, 0.2) is 5.01 Å². The number of anilines is 3. The summed E-state index contributed by atoms with van der Waals surface area (Å²) in [6, 6.07) is 7.66. The molecule has 5 aromatic rings. The van der Waals surface area contributed by atoms with Gasteiger partial charge in [-0.25, -0.2) is 4.98 Å². The number of benzene rings is 1. The van der Waals surface area contributed by atoms with E-state index in [2.05, 4.69) is 46.0 Å². The molecule has 0 aliphatic carbocycles. The van der Waals surface area contributed by atoms with E-state index >= 15 is 0 Å². The van der Waals surface area contributed by atoms with Crippen molar-refractivity contribution in [2.75, 3.05) is 10.6 Å². The van der Waals surface area contributed by atoms with Gasteiger partial charge >= 0.3 is 0 Å². The van der Waals surface area contributed by atoms with Gasteiger partial charge in [-0.1, -0.05) is 11.3 Å². The molecule has 1 aromatic carbocycles. The van der Waals surface area contributed by atoms with E-state index in [1.54, 1.807) is 24.7 Å². The molecule has 29 heavy (non-hydrogen) atoms. The van der Waals surface area contributed by atoms with Crippen LogP contribution in [0, 0.1) is 0 Å². The first-order chi connectivity index (χ1) is 14.2. The Bertz CT molecular complexity index is 1290. The van der Waals surface area contributed by atoms with Gasteiger partial charge < -0.3 is 15.6 Å². The van der Waals surface area contributed by atoms with Gasteiger partial charge in [0.25, 0.3) is 5.91 Å². The van der Waals surface area contributed by atoms with Crippen molar-refractivity contribution in [2.45, 2.75) is 0 Å². The van der Waals surface area contributed by atoms with Crippen LogP contribution in [0.25, 0.3) is 21.5 Å². The number of hydrogen-bond acceptors (Lipinski definition) is 8. The molecule has 0 unspecified atom stereocenters. The van der Waals surface area contributed by atoms with E-state index in [-0.39, 0.29) is 5.91 Å². The fourth-order valence-electron chi connectivity index (χ4n) is 2.74. The maximum atomic E-state index is 12.1. The molecule has 0 saturated heterocycles. The molecule has 0 radical (unpaired) electrons. The molecule has 11 heteroatoms. The van der Waals surface area contributed by atoms with Gasteiger partial charge in [-0.3, -0.25) is 14.9 Å². The predicted octanol–water partition coefficient (Wildman–Crippen LogP) is 3.20. The highest BCUT2D eigenvalue weighted by Crippen LogP contribution is 2.30. The van der Waals surface area contributed by atoms with Gasteiger partial charge in [0.2, 0.25) is 5.13 Å². The van der Waals surface area contributed by atoms with E-state index in [9.17, 15) is 4.79 Å². The lowest BCUT2D eigenvalue weighted by Crippen LogP contribution is -2.12. The molecule has 5 rings (SSSR count). The number of nitrogens with one attached hydrogen (secondary N) is 4. The molecule has 0 saturated carbocycles. The second-order valence-corrected chi connectivity index (χ2v) is 7.06. The third-order valence-corrected chi connectivity index (χ3v) is 4.98. The molecule has 0 aliphatic heterocycles. The van der Waals surface area contributed by atoms with Gasteiger partial charge in [-0.2, -0.15) is 5.10 Å². The fourth-order valence-corrected chi connectivity index (χ4v) is 3.48. The summed E-state index contributed by atoms with van der Waals surface area (Å²) in [5.74, 6) is -0.320. The first-order valence-corrected chi connectivity index (χ1v) is 9.35. The average Bonchev–Trinajstić information content (AvgIpc) is 3.49. The van der Waals surface area contributed by atoms with Crippen molar-refractivity contribution >= 4 is 44.7 Å². The monoisotopic (exact) mass is 403 g/mol. The number of carbonyl (C=O) groups is 1. The molecule has 4 heterocycles. The molecule has 0 aliphatic rings. The van der Waals surface area contributed by atoms with Gasteiger partial charge in [0, 0.05) is 29.0 Å². The lowest BCUT2D eigenvalue weighted by molar-refractivity contribution is 0.102. The second kappa shape index (κ2) is 7.13. The van der Waals surface area contributed by atoms with Crippen LogP contribution in [0.2, 0.25) is 0 Å². The molecule has 0 bridgehead atoms. The second-order valence-electron chi connectivity index (χ2n) is 6.08. The van der Waals surface area contributed by atoms with E-state index in [4.69, 9.17) is 0 Å². The molecular weight excluding hydrogens is 390 g/mol. The van der Waals surface area contributed by atoms with Crippen molar-refractivity contribution in [3.63, 3.8) is 0 Å². The molecule has 4 N–H and O–H groups in total. The maximum Gasteiger partial charge on any atom is 0.275 e. The maximum absolute atomic E-state index is 12.1. The number of aromatic nitrogens is 7. The fraction of sp³-hybridized carbons (Fsp3) is 0. The van der Waals surface area contributed by atoms with Gasteiger partial charge in [0.05, 0.1) is 29.9 Å². The van der Waals surface area contributed by atoms with E-state index in [1.165, 1.54) is 23.9 Å². The summed E-state index contributed by atoms with van der Waals surface area (Å²) in [5, 5.41) is 23.7. The molecule has 1 amide bonds. The Morgan fingerprint density at radius 3 is 2.93 bits per heavy atom. The summed E-state index contributed by atoms with van der Waals surface area (Å²) in [6.45, 7) is 0. The zero-order valence-electron chi connectivity index (χ0n) is 14.7. The van der Waals surface area contributed by atoms with Crippen LogP contribution in [0.4, 0.5) is 16.5 Å². The molecule has 0 spiro atoms. The summed E-state index contributed by atoms with van der Waals surface area (Å²) in [5.41, 5.74) is 3.45. The summed E-state index contributed by atoms with van der Waals surface area (Å²) in [6.07, 6.45) is 7.97. The van der Waals surface area contributed by atoms with E-state index in [0.29, 0.717) is 21.5 Å². The number of amides is 1. The Labute approximate surface area is 167 Å². The topological polar surface area (TPSA) is 137 Å². The Morgan fingerprint density at radius 1 is 1.07 bits per heavy atom. The number of imidazole rings is 1. The van der Waals surface area contributed by atoms with Crippen molar-refractivity contribution in [2.24, 2.45) is 0 Å². The van der Waals surface area contributed by atoms with Crippen LogP contribution in [-0.2, 0) is 0 Å². The summed E-state index contributed by atoms with van der Waals surface area (Å²) in [4.78, 5) is 23.0. The third-order valence-electron chi connectivity index (χ3n) is 4.09. The largest absolute Gasteiger partial charge is 0.350 e. The van der Waals surface area contributed by atoms with Crippen molar-refractivity contribution < 1.29 is 4.79 Å². The van der Waals surface area contributed by atoms with E-state index in [1.807, 2.05) is 18.2 Å². The van der Waals surface area contributed by atoms with E-state index in [0.717, 1.165) is 22.2 Å². The van der Waals surface area contributed by atoms with Crippen molar-refractivity contribution in [1.29, 1.82) is 0 Å². The molecular formula is C18H13N9OS. The third kappa shape index (κ3) is 3.53. The summed E-state index contributed by atoms with van der Waals surface area (Å²) >= 11 is 1.39. The van der Waals surface area contributed by atoms with Crippen LogP contribution in [0.1, 0.15) is 10.5 Å². The molecule has 142 valence electrons. The zero-order valence-corrected chi connectivity index (χ0v) is 15.6. The quantitative estimate of drug-likeness (QED) is 0.354. The van der Waals surface area contributed by atoms with Crippen LogP contribution in [0.5, 0.6) is 0 Å². The number of carbonyl (C=O) groups excluding carboxylic acids is 1. The van der Waals surface area contributed by atoms with Crippen molar-refractivity contribution in [3.05, 3.63) is 61.1 Å². The first-order valence-electron chi connectivity index (χ1n) is 8.54. The highest BCUT2D eigenvalue weighted by atomic mass is 32.1. The highest BCUT2D eigenvalue weighted by Gasteiger charge is 2.11. The van der Waals surface area contributed by atoms with Crippen molar-refractivity contribution in [1.82, 2.24) is 35.3 Å². The van der Waals surface area contributed by atoms with Crippen molar-refractivity contribution in [3.8, 4) is 10.6 Å². The lowest BCUT2D eigenvalue weighted by Gasteiger charge is -2.04. The van der Waals surface area contributed by atoms with Crippen LogP contribution in [-0.4, -0.2) is 41.3 Å². The number of aromatic amines is 2. The normalized spacial score (nSPS) is 10.9. The minimum absolute atomic E-state index is 0.299. The van der Waals surface area contributed by atoms with Crippen LogP contribution < -0.4 is 10.6 Å². The smallest absolute Gasteiger partial charge is 0.275 e. The molecule has 10 nitrogen and oxygen atoms in total. The SMILES string of the molecule is O=C(Nc1cncc(-c2nnc(Nc3ccc4[nH]ncc4c3)s2)c1)c1c[nH]cn1. The minimum atomic E-state index is -0.320. The average molecular weight is 403 g/mol. The Morgan fingerprint density at radius 2 is 2.03 bits per heavy atom. The lowest BCUT2D eigenvalue weighted by atomic mass is 10.2. The highest BCUT2D eigenvalue weighted by molar-refractivity contribution is 7.18. The number of nitrogens with zero attached hydrogens (tertiary/aromatic N) is 5. The minimum Gasteiger partial charge on any atom is -0.350 e. The number of H-pyrrole nitrogens is 2. The number of hydrogen-bond donors (Lipinski definition) is 4. The predicted molar refractivity (Wildman–Crippen MR) is 109 cm³/mol. The van der Waals surface area contributed by atoms with Crippen LogP contribution >= 0.6 is 11.3 Å². The van der Waals surface area contributed by atoms with Gasteiger partial charge in [-0.05, 0) is 24.3 Å². The summed E-state index contributed by atoms with van der Waals surface area (Å²) < 4.78 is 0. The first kappa shape index (κ1) is 17.0. The standard InChI is InChI=1S/C18H13N9OS/c28-16(15-8-20-9-21-15)23-13-4-11(5-19-7-13)17-26-27-18(29-17)24-12-1-2-14-10(3-12)6-22-25-14/h1-9H,(H,20,21)(H,22,25)(H,23,28)(H,24,27). The van der Waals surface area contributed by atoms with Gasteiger partial charge in [-0.15, -0.1) is 10.2 Å². The van der Waals surface area contributed by atoms with Crippen LogP contribution in [0.3, 0.4) is 0 Å². The molecule has 0 atom stereocenters. The molecule has 4 aromatic heterocycles. The molecule has 0 fully saturated rings. The Balaban J connectivity index is 1.34. The van der Waals surface area contributed by atoms with E-state index < -0.39 is 0 Å². The summed E-state index contributed by atoms with van der Waals surface area (Å²) in [7, 11) is 0. The Hall–Kier alpha value is -4.12. The number of pyridine rings is 1.